The van der Waals surface area contributed by atoms with Gasteiger partial charge in [0.15, 0.2) is 0 Å². The molecule has 0 aromatic carbocycles. The zero-order valence-corrected chi connectivity index (χ0v) is 14.7. The summed E-state index contributed by atoms with van der Waals surface area (Å²) >= 11 is 0. The number of hydrogen-bond donors (Lipinski definition) is 0. The molecule has 1 heterocycles. The molecule has 1 unspecified atom stereocenters. The third-order valence-corrected chi connectivity index (χ3v) is 3.84. The molecule has 124 valence electrons. The molecular weight excluding hydrogens is 266 g/mol. The van der Waals surface area contributed by atoms with Crippen LogP contribution in [0.5, 0.6) is 0 Å². The summed E-state index contributed by atoms with van der Waals surface area (Å²) in [5.41, 5.74) is -0.186. The summed E-state index contributed by atoms with van der Waals surface area (Å²) in [7, 11) is 0. The number of rotatable bonds is 5. The number of amides is 1. The van der Waals surface area contributed by atoms with Crippen LogP contribution in [0.3, 0.4) is 0 Å². The third-order valence-electron chi connectivity index (χ3n) is 3.84. The molecule has 21 heavy (non-hydrogen) atoms. The Kier molecular flexibility index (Phi) is 6.51. The van der Waals surface area contributed by atoms with Crippen molar-refractivity contribution in [3.63, 3.8) is 0 Å². The van der Waals surface area contributed by atoms with Crippen molar-refractivity contribution in [1.29, 1.82) is 0 Å². The first-order valence-electron chi connectivity index (χ1n) is 8.22. The monoisotopic (exact) mass is 299 g/mol. The average Bonchev–Trinajstić information content (AvgIpc) is 2.31. The second-order valence-electron chi connectivity index (χ2n) is 7.87. The Morgan fingerprint density at radius 1 is 1.33 bits per heavy atom. The van der Waals surface area contributed by atoms with Crippen molar-refractivity contribution >= 4 is 6.09 Å². The molecule has 0 N–H and O–H groups in total. The third kappa shape index (κ3) is 6.68. The number of unbranched alkanes of at least 4 members (excludes halogenated alkanes) is 1. The van der Waals surface area contributed by atoms with Crippen LogP contribution < -0.4 is 0 Å². The molecule has 0 aliphatic carbocycles. The fraction of sp³-hybridized carbons (Fsp3) is 0.941. The van der Waals surface area contributed by atoms with Crippen LogP contribution in [0.4, 0.5) is 4.79 Å². The molecule has 1 atom stereocenters. The van der Waals surface area contributed by atoms with Gasteiger partial charge in [0.1, 0.15) is 5.60 Å². The van der Waals surface area contributed by atoms with Crippen molar-refractivity contribution in [2.45, 2.75) is 78.9 Å². The fourth-order valence-electron chi connectivity index (χ4n) is 2.63. The Labute approximate surface area is 130 Å². The SMILES string of the molecule is CCCCOCC1CC(C)(C)CCN1C(=O)OC(C)(C)C. The number of nitrogens with zero attached hydrogens (tertiary/aromatic N) is 1. The molecule has 0 spiro atoms. The number of carbonyl (C=O) groups excluding carboxylic acids is 1. The fourth-order valence-corrected chi connectivity index (χ4v) is 2.63. The van der Waals surface area contributed by atoms with Gasteiger partial charge in [-0.1, -0.05) is 27.2 Å². The predicted octanol–water partition coefficient (Wildman–Crippen LogP) is 4.23. The zero-order valence-electron chi connectivity index (χ0n) is 14.7. The van der Waals surface area contributed by atoms with E-state index in [1.165, 1.54) is 0 Å². The molecule has 0 saturated carbocycles. The van der Waals surface area contributed by atoms with Gasteiger partial charge in [0.25, 0.3) is 0 Å². The maximum atomic E-state index is 12.4. The molecular formula is C17H33NO3. The van der Waals surface area contributed by atoms with Gasteiger partial charge < -0.3 is 14.4 Å². The minimum absolute atomic E-state index is 0.125. The number of piperidine rings is 1. The van der Waals surface area contributed by atoms with Gasteiger partial charge in [0.05, 0.1) is 12.6 Å². The molecule has 1 saturated heterocycles. The first kappa shape index (κ1) is 18.3. The molecule has 1 amide bonds. The highest BCUT2D eigenvalue weighted by Gasteiger charge is 2.37. The van der Waals surface area contributed by atoms with Crippen LogP contribution in [0.15, 0.2) is 0 Å². The second kappa shape index (κ2) is 7.48. The molecule has 1 rings (SSSR count). The van der Waals surface area contributed by atoms with E-state index in [2.05, 4.69) is 20.8 Å². The topological polar surface area (TPSA) is 38.8 Å². The van der Waals surface area contributed by atoms with Crippen LogP contribution in [0.2, 0.25) is 0 Å². The minimum atomic E-state index is -0.447. The van der Waals surface area contributed by atoms with Gasteiger partial charge in [0.2, 0.25) is 0 Å². The van der Waals surface area contributed by atoms with Crippen molar-refractivity contribution in [2.75, 3.05) is 19.8 Å². The van der Waals surface area contributed by atoms with Gasteiger partial charge in [-0.05, 0) is 45.4 Å². The first-order valence-corrected chi connectivity index (χ1v) is 8.22. The lowest BCUT2D eigenvalue weighted by atomic mass is 9.79. The molecule has 4 heteroatoms. The lowest BCUT2D eigenvalue weighted by Gasteiger charge is -2.43. The maximum absolute atomic E-state index is 12.4. The normalized spacial score (nSPS) is 22.2. The summed E-state index contributed by atoms with van der Waals surface area (Å²) in [5.74, 6) is 0. The zero-order chi connectivity index (χ0) is 16.1. The van der Waals surface area contributed by atoms with Gasteiger partial charge in [-0.2, -0.15) is 0 Å². The molecule has 0 radical (unpaired) electrons. The largest absolute Gasteiger partial charge is 0.444 e. The smallest absolute Gasteiger partial charge is 0.410 e. The molecule has 0 aromatic rings. The summed E-state index contributed by atoms with van der Waals surface area (Å²) in [6.45, 7) is 14.5. The highest BCUT2D eigenvalue weighted by molar-refractivity contribution is 5.68. The van der Waals surface area contributed by atoms with Gasteiger partial charge in [-0.15, -0.1) is 0 Å². The van der Waals surface area contributed by atoms with Crippen LogP contribution in [-0.2, 0) is 9.47 Å². The summed E-state index contributed by atoms with van der Waals surface area (Å²) < 4.78 is 11.3. The van der Waals surface area contributed by atoms with Gasteiger partial charge in [-0.3, -0.25) is 0 Å². The summed E-state index contributed by atoms with van der Waals surface area (Å²) in [4.78, 5) is 14.2. The minimum Gasteiger partial charge on any atom is -0.444 e. The Morgan fingerprint density at radius 2 is 2.00 bits per heavy atom. The van der Waals surface area contributed by atoms with Gasteiger partial charge in [0, 0.05) is 13.2 Å². The van der Waals surface area contributed by atoms with Crippen molar-refractivity contribution in [1.82, 2.24) is 4.90 Å². The highest BCUT2D eigenvalue weighted by atomic mass is 16.6. The highest BCUT2D eigenvalue weighted by Crippen LogP contribution is 2.34. The van der Waals surface area contributed by atoms with E-state index >= 15 is 0 Å². The lowest BCUT2D eigenvalue weighted by Crippen LogP contribution is -2.51. The van der Waals surface area contributed by atoms with E-state index in [4.69, 9.17) is 9.47 Å². The van der Waals surface area contributed by atoms with E-state index in [0.29, 0.717) is 6.61 Å². The molecule has 4 nitrogen and oxygen atoms in total. The molecule has 1 fully saturated rings. The molecule has 0 aromatic heterocycles. The van der Waals surface area contributed by atoms with Crippen LogP contribution in [0.1, 0.15) is 67.2 Å². The first-order chi connectivity index (χ1) is 9.64. The summed E-state index contributed by atoms with van der Waals surface area (Å²) in [6, 6.07) is 0.125. The number of carbonyl (C=O) groups is 1. The maximum Gasteiger partial charge on any atom is 0.410 e. The Bertz CT molecular complexity index is 333. The van der Waals surface area contributed by atoms with Crippen LogP contribution in [-0.4, -0.2) is 42.4 Å². The van der Waals surface area contributed by atoms with Gasteiger partial charge >= 0.3 is 6.09 Å². The Morgan fingerprint density at radius 3 is 2.57 bits per heavy atom. The Hall–Kier alpha value is -0.770. The quantitative estimate of drug-likeness (QED) is 0.713. The number of hydrogen-bond acceptors (Lipinski definition) is 3. The van der Waals surface area contributed by atoms with E-state index in [-0.39, 0.29) is 17.6 Å². The van der Waals surface area contributed by atoms with E-state index in [1.807, 2.05) is 25.7 Å². The van der Waals surface area contributed by atoms with E-state index < -0.39 is 5.60 Å². The lowest BCUT2D eigenvalue weighted by molar-refractivity contribution is -0.0250. The average molecular weight is 299 g/mol. The molecule has 1 aliphatic heterocycles. The number of likely N-dealkylation sites (tertiary alicyclic amines) is 1. The summed E-state index contributed by atoms with van der Waals surface area (Å²) in [5, 5.41) is 0. The summed E-state index contributed by atoms with van der Waals surface area (Å²) in [6.07, 6.45) is 3.98. The number of ether oxygens (including phenoxy) is 2. The van der Waals surface area contributed by atoms with Gasteiger partial charge in [-0.25, -0.2) is 4.79 Å². The van der Waals surface area contributed by atoms with E-state index in [9.17, 15) is 4.79 Å². The van der Waals surface area contributed by atoms with Crippen molar-refractivity contribution in [2.24, 2.45) is 5.41 Å². The van der Waals surface area contributed by atoms with Crippen LogP contribution in [0.25, 0.3) is 0 Å². The van der Waals surface area contributed by atoms with Crippen molar-refractivity contribution < 1.29 is 14.3 Å². The standard InChI is InChI=1S/C17H33NO3/c1-7-8-11-20-13-14-12-17(5,6)9-10-18(14)15(19)21-16(2,3)4/h14H,7-13H2,1-6H3. The van der Waals surface area contributed by atoms with Crippen LogP contribution >= 0.6 is 0 Å². The van der Waals surface area contributed by atoms with E-state index in [0.717, 1.165) is 38.8 Å². The second-order valence-corrected chi connectivity index (χ2v) is 7.87. The van der Waals surface area contributed by atoms with Crippen molar-refractivity contribution in [3.8, 4) is 0 Å². The molecule has 0 bridgehead atoms. The molecule has 1 aliphatic rings. The Balaban J connectivity index is 2.63. The van der Waals surface area contributed by atoms with E-state index in [1.54, 1.807) is 0 Å². The van der Waals surface area contributed by atoms with Crippen LogP contribution in [0, 0.1) is 5.41 Å². The predicted molar refractivity (Wildman–Crippen MR) is 85.5 cm³/mol. The van der Waals surface area contributed by atoms with Crippen molar-refractivity contribution in [3.05, 3.63) is 0 Å².